The van der Waals surface area contributed by atoms with Gasteiger partial charge in [-0.3, -0.25) is 4.79 Å². The number of hydrogen-bond acceptors (Lipinski definition) is 2. The molecule has 0 bridgehead atoms. The lowest BCUT2D eigenvalue weighted by atomic mass is 10.1. The number of amides is 1. The molecule has 0 fully saturated rings. The Morgan fingerprint density at radius 3 is 2.12 bits per heavy atom. The van der Waals surface area contributed by atoms with E-state index in [4.69, 9.17) is 16.3 Å². The number of ether oxygens (including phenoxy) is 1. The molecule has 3 aromatic carbocycles. The second-order valence-corrected chi connectivity index (χ2v) is 6.08. The topological polar surface area (TPSA) is 38.3 Å². The zero-order valence-electron chi connectivity index (χ0n) is 13.8. The number of carbonyl (C=O) groups excluding carboxylic acids is 1. The fraction of sp³-hybridized carbons (Fsp3) is 0.0952. The summed E-state index contributed by atoms with van der Waals surface area (Å²) in [5.41, 5.74) is 2.97. The smallest absolute Gasteiger partial charge is 0.265 e. The maximum Gasteiger partial charge on any atom is 0.265 e. The van der Waals surface area contributed by atoms with Crippen LogP contribution in [-0.4, -0.2) is 12.0 Å². The molecule has 1 N–H and O–H groups in total. The highest BCUT2D eigenvalue weighted by Gasteiger charge is 2.14. The van der Waals surface area contributed by atoms with Crippen molar-refractivity contribution >= 4 is 23.2 Å². The van der Waals surface area contributed by atoms with Crippen LogP contribution in [0.25, 0.3) is 11.1 Å². The quantitative estimate of drug-likeness (QED) is 0.667. The van der Waals surface area contributed by atoms with E-state index in [1.807, 2.05) is 42.5 Å². The zero-order valence-corrected chi connectivity index (χ0v) is 14.5. The summed E-state index contributed by atoms with van der Waals surface area (Å²) in [5, 5.41) is 3.49. The first-order valence-corrected chi connectivity index (χ1v) is 8.38. The average Bonchev–Trinajstić information content (AvgIpc) is 2.65. The van der Waals surface area contributed by atoms with E-state index in [0.717, 1.165) is 16.8 Å². The van der Waals surface area contributed by atoms with E-state index >= 15 is 0 Å². The van der Waals surface area contributed by atoms with E-state index in [2.05, 4.69) is 17.4 Å². The summed E-state index contributed by atoms with van der Waals surface area (Å²) in [6, 6.07) is 24.7. The predicted octanol–water partition coefficient (Wildman–Crippen LogP) is 5.41. The molecule has 0 heterocycles. The summed E-state index contributed by atoms with van der Waals surface area (Å²) in [4.78, 5) is 12.3. The molecule has 0 radical (unpaired) electrons. The summed E-state index contributed by atoms with van der Waals surface area (Å²) >= 11 is 5.84. The Hall–Kier alpha value is -2.78. The van der Waals surface area contributed by atoms with E-state index in [0.29, 0.717) is 10.8 Å². The van der Waals surface area contributed by atoms with Gasteiger partial charge in [-0.05, 0) is 54.4 Å². The molecule has 0 spiro atoms. The van der Waals surface area contributed by atoms with Crippen molar-refractivity contribution in [2.75, 3.05) is 5.32 Å². The van der Waals surface area contributed by atoms with Crippen LogP contribution in [0.3, 0.4) is 0 Å². The number of rotatable bonds is 5. The van der Waals surface area contributed by atoms with Gasteiger partial charge in [-0.15, -0.1) is 0 Å². The molecule has 3 aromatic rings. The van der Waals surface area contributed by atoms with E-state index < -0.39 is 6.10 Å². The first kappa shape index (κ1) is 17.1. The fourth-order valence-corrected chi connectivity index (χ4v) is 2.52. The van der Waals surface area contributed by atoms with Crippen molar-refractivity contribution in [1.29, 1.82) is 0 Å². The van der Waals surface area contributed by atoms with Crippen molar-refractivity contribution in [3.63, 3.8) is 0 Å². The lowest BCUT2D eigenvalue weighted by Crippen LogP contribution is -2.30. The van der Waals surface area contributed by atoms with Crippen LogP contribution in [0, 0.1) is 0 Å². The van der Waals surface area contributed by atoms with Gasteiger partial charge in [-0.25, -0.2) is 0 Å². The van der Waals surface area contributed by atoms with Crippen molar-refractivity contribution in [2.45, 2.75) is 13.0 Å². The highest BCUT2D eigenvalue weighted by atomic mass is 35.5. The van der Waals surface area contributed by atoms with Gasteiger partial charge < -0.3 is 10.1 Å². The van der Waals surface area contributed by atoms with Crippen LogP contribution in [0.2, 0.25) is 5.02 Å². The Bertz CT molecular complexity index is 830. The second-order valence-electron chi connectivity index (χ2n) is 5.65. The van der Waals surface area contributed by atoms with E-state index in [9.17, 15) is 4.79 Å². The summed E-state index contributed by atoms with van der Waals surface area (Å²) < 4.78 is 5.63. The van der Waals surface area contributed by atoms with Gasteiger partial charge in [-0.1, -0.05) is 54.1 Å². The third-order valence-corrected chi connectivity index (χ3v) is 4.01. The van der Waals surface area contributed by atoms with Crippen LogP contribution >= 0.6 is 11.6 Å². The summed E-state index contributed by atoms with van der Waals surface area (Å²) in [7, 11) is 0. The third-order valence-electron chi connectivity index (χ3n) is 3.76. The lowest BCUT2D eigenvalue weighted by Gasteiger charge is -2.15. The van der Waals surface area contributed by atoms with Crippen molar-refractivity contribution in [3.8, 4) is 16.9 Å². The van der Waals surface area contributed by atoms with E-state index in [1.54, 1.807) is 31.2 Å². The minimum Gasteiger partial charge on any atom is -0.481 e. The molecule has 0 aliphatic carbocycles. The van der Waals surface area contributed by atoms with Gasteiger partial charge in [0.15, 0.2) is 6.10 Å². The number of anilines is 1. The number of halogens is 1. The van der Waals surface area contributed by atoms with Crippen LogP contribution in [-0.2, 0) is 4.79 Å². The summed E-state index contributed by atoms with van der Waals surface area (Å²) in [6.45, 7) is 1.71. The molecule has 3 nitrogen and oxygen atoms in total. The molecule has 4 heteroatoms. The van der Waals surface area contributed by atoms with Crippen LogP contribution in [0.15, 0.2) is 78.9 Å². The van der Waals surface area contributed by atoms with Crippen molar-refractivity contribution in [3.05, 3.63) is 83.9 Å². The Morgan fingerprint density at radius 1 is 0.880 bits per heavy atom. The average molecular weight is 352 g/mol. The number of nitrogens with one attached hydrogen (secondary N) is 1. The maximum atomic E-state index is 12.3. The zero-order chi connectivity index (χ0) is 17.6. The maximum absolute atomic E-state index is 12.3. The van der Waals surface area contributed by atoms with Crippen molar-refractivity contribution in [2.24, 2.45) is 0 Å². The summed E-state index contributed by atoms with van der Waals surface area (Å²) in [6.07, 6.45) is -0.616. The minimum absolute atomic E-state index is 0.206. The molecule has 3 rings (SSSR count). The molecule has 0 aromatic heterocycles. The molecular weight excluding hydrogens is 334 g/mol. The highest BCUT2D eigenvalue weighted by molar-refractivity contribution is 6.30. The monoisotopic (exact) mass is 351 g/mol. The third kappa shape index (κ3) is 4.61. The molecule has 1 amide bonds. The standard InChI is InChI=1S/C21H18ClNO2/c1-15(25-20-13-9-18(22)10-14-20)21(24)23-19-11-7-17(8-12-19)16-5-3-2-4-6-16/h2-15H,1H3,(H,23,24)/t15-/m1/s1. The molecule has 0 aliphatic heterocycles. The number of benzene rings is 3. The van der Waals surface area contributed by atoms with Gasteiger partial charge in [0.25, 0.3) is 5.91 Å². The minimum atomic E-state index is -0.616. The van der Waals surface area contributed by atoms with Gasteiger partial charge >= 0.3 is 0 Å². The van der Waals surface area contributed by atoms with Crippen molar-refractivity contribution in [1.82, 2.24) is 0 Å². The van der Waals surface area contributed by atoms with Gasteiger partial charge in [0, 0.05) is 10.7 Å². The Balaban J connectivity index is 1.61. The van der Waals surface area contributed by atoms with Crippen LogP contribution in [0.4, 0.5) is 5.69 Å². The largest absolute Gasteiger partial charge is 0.481 e. The Kier molecular flexibility index (Phi) is 5.36. The first-order valence-electron chi connectivity index (χ1n) is 8.00. The first-order chi connectivity index (χ1) is 12.1. The highest BCUT2D eigenvalue weighted by Crippen LogP contribution is 2.21. The molecule has 0 saturated carbocycles. The molecular formula is C21H18ClNO2. The SMILES string of the molecule is C[C@@H](Oc1ccc(Cl)cc1)C(=O)Nc1ccc(-c2ccccc2)cc1. The van der Waals surface area contributed by atoms with Gasteiger partial charge in [0.05, 0.1) is 0 Å². The van der Waals surface area contributed by atoms with Crippen LogP contribution < -0.4 is 10.1 Å². The van der Waals surface area contributed by atoms with E-state index in [1.165, 1.54) is 0 Å². The van der Waals surface area contributed by atoms with Gasteiger partial charge in [0.1, 0.15) is 5.75 Å². The molecule has 1 atom stereocenters. The normalized spacial score (nSPS) is 11.6. The lowest BCUT2D eigenvalue weighted by molar-refractivity contribution is -0.122. The Morgan fingerprint density at radius 2 is 1.48 bits per heavy atom. The molecule has 25 heavy (non-hydrogen) atoms. The van der Waals surface area contributed by atoms with Crippen LogP contribution in [0.1, 0.15) is 6.92 Å². The number of hydrogen-bond donors (Lipinski definition) is 1. The fourth-order valence-electron chi connectivity index (χ4n) is 2.39. The Labute approximate surface area is 152 Å². The van der Waals surface area contributed by atoms with Crippen LogP contribution in [0.5, 0.6) is 5.75 Å². The van der Waals surface area contributed by atoms with Gasteiger partial charge in [-0.2, -0.15) is 0 Å². The molecule has 0 aliphatic rings. The van der Waals surface area contributed by atoms with Gasteiger partial charge in [0.2, 0.25) is 0 Å². The predicted molar refractivity (Wildman–Crippen MR) is 102 cm³/mol. The summed E-state index contributed by atoms with van der Waals surface area (Å²) in [5.74, 6) is 0.397. The van der Waals surface area contributed by atoms with Crippen molar-refractivity contribution < 1.29 is 9.53 Å². The molecule has 0 unspecified atom stereocenters. The second kappa shape index (κ2) is 7.86. The molecule has 126 valence electrons. The molecule has 0 saturated heterocycles. The number of carbonyl (C=O) groups is 1. The van der Waals surface area contributed by atoms with E-state index in [-0.39, 0.29) is 5.91 Å².